The van der Waals surface area contributed by atoms with Crippen LogP contribution in [0, 0.1) is 5.82 Å². The van der Waals surface area contributed by atoms with Crippen molar-refractivity contribution in [1.82, 2.24) is 10.6 Å². The van der Waals surface area contributed by atoms with Gasteiger partial charge in [0.15, 0.2) is 0 Å². The fourth-order valence-electron chi connectivity index (χ4n) is 1.51. The van der Waals surface area contributed by atoms with Crippen molar-refractivity contribution in [3.8, 4) is 0 Å². The number of thiophene rings is 1. The Morgan fingerprint density at radius 1 is 1.33 bits per heavy atom. The standard InChI is InChI=1S/C12H13FN2OS.ClH/c1-14-4-5-15-12(16)11-7-8-6-9(13)2-3-10(8)17-11;/h2-3,6-7,14H,4-5H2,1H3,(H,15,16);1H. The lowest BCUT2D eigenvalue weighted by molar-refractivity contribution is 0.0958. The van der Waals surface area contributed by atoms with Crippen LogP contribution < -0.4 is 10.6 Å². The third kappa shape index (κ3) is 3.41. The van der Waals surface area contributed by atoms with Crippen molar-refractivity contribution in [1.29, 1.82) is 0 Å². The van der Waals surface area contributed by atoms with E-state index in [0.29, 0.717) is 11.4 Å². The third-order valence-electron chi connectivity index (χ3n) is 2.36. The molecule has 2 rings (SSSR count). The lowest BCUT2D eigenvalue weighted by Crippen LogP contribution is -2.29. The van der Waals surface area contributed by atoms with E-state index in [-0.39, 0.29) is 24.1 Å². The summed E-state index contributed by atoms with van der Waals surface area (Å²) in [4.78, 5) is 12.4. The predicted molar refractivity (Wildman–Crippen MR) is 75.3 cm³/mol. The molecule has 0 aliphatic heterocycles. The van der Waals surface area contributed by atoms with E-state index in [2.05, 4.69) is 10.6 Å². The van der Waals surface area contributed by atoms with Gasteiger partial charge in [0, 0.05) is 17.8 Å². The van der Waals surface area contributed by atoms with Crippen LogP contribution in [0.5, 0.6) is 0 Å². The largest absolute Gasteiger partial charge is 0.350 e. The van der Waals surface area contributed by atoms with Gasteiger partial charge >= 0.3 is 0 Å². The molecule has 3 nitrogen and oxygen atoms in total. The highest BCUT2D eigenvalue weighted by atomic mass is 35.5. The van der Waals surface area contributed by atoms with Crippen molar-refractivity contribution >= 4 is 39.7 Å². The van der Waals surface area contributed by atoms with Crippen LogP contribution in [0.3, 0.4) is 0 Å². The maximum atomic E-state index is 13.0. The van der Waals surface area contributed by atoms with Crippen molar-refractivity contribution in [3.05, 3.63) is 35.0 Å². The Labute approximate surface area is 115 Å². The molecule has 1 aromatic carbocycles. The first-order valence-electron chi connectivity index (χ1n) is 5.32. The Kier molecular flexibility index (Phi) is 5.53. The lowest BCUT2D eigenvalue weighted by Gasteiger charge is -2.01. The molecule has 0 unspecified atom stereocenters. The van der Waals surface area contributed by atoms with Crippen LogP contribution in [-0.2, 0) is 0 Å². The SMILES string of the molecule is CNCCNC(=O)c1cc2cc(F)ccc2s1.Cl. The van der Waals surface area contributed by atoms with Crippen molar-refractivity contribution in [2.45, 2.75) is 0 Å². The van der Waals surface area contributed by atoms with Gasteiger partial charge in [-0.25, -0.2) is 4.39 Å². The molecule has 6 heteroatoms. The number of nitrogens with one attached hydrogen (secondary N) is 2. The molecule has 0 radical (unpaired) electrons. The predicted octanol–water partition coefficient (Wildman–Crippen LogP) is 2.41. The van der Waals surface area contributed by atoms with Gasteiger partial charge in [-0.15, -0.1) is 23.7 Å². The minimum Gasteiger partial charge on any atom is -0.350 e. The van der Waals surface area contributed by atoms with E-state index in [1.54, 1.807) is 12.1 Å². The quantitative estimate of drug-likeness (QED) is 0.849. The average molecular weight is 289 g/mol. The molecule has 0 saturated carbocycles. The highest BCUT2D eigenvalue weighted by Crippen LogP contribution is 2.26. The van der Waals surface area contributed by atoms with Gasteiger partial charge in [-0.1, -0.05) is 0 Å². The molecule has 0 fully saturated rings. The van der Waals surface area contributed by atoms with Gasteiger partial charge < -0.3 is 10.6 Å². The van der Waals surface area contributed by atoms with Gasteiger partial charge in [0.25, 0.3) is 5.91 Å². The van der Waals surface area contributed by atoms with E-state index >= 15 is 0 Å². The number of hydrogen-bond acceptors (Lipinski definition) is 3. The fourth-order valence-corrected chi connectivity index (χ4v) is 2.47. The van der Waals surface area contributed by atoms with Crippen LogP contribution in [-0.4, -0.2) is 26.0 Å². The molecule has 1 aromatic heterocycles. The number of hydrogen-bond donors (Lipinski definition) is 2. The van der Waals surface area contributed by atoms with Gasteiger partial charge in [0.1, 0.15) is 5.82 Å². The summed E-state index contributed by atoms with van der Waals surface area (Å²) in [6, 6.07) is 6.26. The first-order valence-corrected chi connectivity index (χ1v) is 6.14. The summed E-state index contributed by atoms with van der Waals surface area (Å²) in [6.45, 7) is 1.31. The molecular formula is C12H14ClFN2OS. The number of likely N-dealkylation sites (N-methyl/N-ethyl adjacent to an activating group) is 1. The summed E-state index contributed by atoms with van der Waals surface area (Å²) in [6.07, 6.45) is 0. The van der Waals surface area contributed by atoms with Crippen molar-refractivity contribution < 1.29 is 9.18 Å². The third-order valence-corrected chi connectivity index (χ3v) is 3.48. The first-order chi connectivity index (χ1) is 8.20. The van der Waals surface area contributed by atoms with E-state index < -0.39 is 0 Å². The molecule has 2 N–H and O–H groups in total. The molecule has 0 atom stereocenters. The first kappa shape index (κ1) is 14.9. The fraction of sp³-hybridized carbons (Fsp3) is 0.250. The van der Waals surface area contributed by atoms with E-state index in [0.717, 1.165) is 16.6 Å². The number of carbonyl (C=O) groups is 1. The Balaban J connectivity index is 0.00000162. The van der Waals surface area contributed by atoms with Crippen LogP contribution in [0.25, 0.3) is 10.1 Å². The molecular weight excluding hydrogens is 275 g/mol. The van der Waals surface area contributed by atoms with E-state index in [1.165, 1.54) is 23.5 Å². The summed E-state index contributed by atoms with van der Waals surface area (Å²) < 4.78 is 13.9. The monoisotopic (exact) mass is 288 g/mol. The molecule has 0 aliphatic rings. The number of rotatable bonds is 4. The summed E-state index contributed by atoms with van der Waals surface area (Å²) in [5.74, 6) is -0.390. The molecule has 1 amide bonds. The molecule has 0 saturated heterocycles. The maximum absolute atomic E-state index is 13.0. The van der Waals surface area contributed by atoms with E-state index in [9.17, 15) is 9.18 Å². The summed E-state index contributed by atoms with van der Waals surface area (Å²) >= 11 is 1.37. The molecule has 0 aliphatic carbocycles. The number of carbonyl (C=O) groups excluding carboxylic acids is 1. The number of fused-ring (bicyclic) bond motifs is 1. The van der Waals surface area contributed by atoms with E-state index in [4.69, 9.17) is 0 Å². The molecule has 0 bridgehead atoms. The van der Waals surface area contributed by atoms with Crippen LogP contribution in [0.1, 0.15) is 9.67 Å². The Morgan fingerprint density at radius 2 is 2.11 bits per heavy atom. The molecule has 18 heavy (non-hydrogen) atoms. The van der Waals surface area contributed by atoms with Gasteiger partial charge in [-0.05, 0) is 36.7 Å². The topological polar surface area (TPSA) is 41.1 Å². The lowest BCUT2D eigenvalue weighted by atomic mass is 10.2. The maximum Gasteiger partial charge on any atom is 0.261 e. The molecule has 0 spiro atoms. The summed E-state index contributed by atoms with van der Waals surface area (Å²) in [5, 5.41) is 6.51. The minimum absolute atomic E-state index is 0. The smallest absolute Gasteiger partial charge is 0.261 e. The zero-order valence-electron chi connectivity index (χ0n) is 9.83. The van der Waals surface area contributed by atoms with E-state index in [1.807, 2.05) is 7.05 Å². The molecule has 1 heterocycles. The van der Waals surface area contributed by atoms with Gasteiger partial charge in [-0.2, -0.15) is 0 Å². The normalized spacial score (nSPS) is 10.1. The molecule has 98 valence electrons. The number of amides is 1. The van der Waals surface area contributed by atoms with Crippen LogP contribution in [0.4, 0.5) is 4.39 Å². The second kappa shape index (κ2) is 6.68. The van der Waals surface area contributed by atoms with Gasteiger partial charge in [0.05, 0.1) is 4.88 Å². The zero-order valence-corrected chi connectivity index (χ0v) is 11.5. The summed E-state index contributed by atoms with van der Waals surface area (Å²) in [5.41, 5.74) is 0. The number of halogens is 2. The highest BCUT2D eigenvalue weighted by Gasteiger charge is 2.09. The summed E-state index contributed by atoms with van der Waals surface area (Å²) in [7, 11) is 1.83. The Hall–Kier alpha value is -1.17. The van der Waals surface area contributed by atoms with Crippen molar-refractivity contribution in [2.24, 2.45) is 0 Å². The van der Waals surface area contributed by atoms with Crippen LogP contribution in [0.2, 0.25) is 0 Å². The number of benzene rings is 1. The van der Waals surface area contributed by atoms with Crippen LogP contribution in [0.15, 0.2) is 24.3 Å². The zero-order chi connectivity index (χ0) is 12.3. The molecule has 2 aromatic rings. The van der Waals surface area contributed by atoms with Crippen molar-refractivity contribution in [2.75, 3.05) is 20.1 Å². The van der Waals surface area contributed by atoms with Gasteiger partial charge in [0.2, 0.25) is 0 Å². The highest BCUT2D eigenvalue weighted by molar-refractivity contribution is 7.20. The Morgan fingerprint density at radius 3 is 2.83 bits per heavy atom. The minimum atomic E-state index is -0.280. The Bertz CT molecular complexity index is 544. The second-order valence-electron chi connectivity index (χ2n) is 3.65. The van der Waals surface area contributed by atoms with Crippen molar-refractivity contribution in [3.63, 3.8) is 0 Å². The van der Waals surface area contributed by atoms with Gasteiger partial charge in [-0.3, -0.25) is 4.79 Å². The second-order valence-corrected chi connectivity index (χ2v) is 4.74. The average Bonchev–Trinajstić information content (AvgIpc) is 2.72. The van der Waals surface area contributed by atoms with Crippen LogP contribution >= 0.6 is 23.7 Å².